The first kappa shape index (κ1) is 22.1. The molecule has 1 aromatic heterocycles. The van der Waals surface area contributed by atoms with Gasteiger partial charge in [0.1, 0.15) is 6.04 Å². The molecule has 0 radical (unpaired) electrons. The lowest BCUT2D eigenvalue weighted by Crippen LogP contribution is -2.50. The maximum atomic E-state index is 12.8. The molecule has 30 heavy (non-hydrogen) atoms. The molecular formula is C23H28ClN3O3. The molecule has 1 saturated carbocycles. The number of benzene rings is 1. The minimum Gasteiger partial charge on any atom is -0.477 e. The molecule has 1 fully saturated rings. The van der Waals surface area contributed by atoms with Gasteiger partial charge in [-0.3, -0.25) is 9.59 Å². The topological polar surface area (TPSA) is 80.3 Å². The van der Waals surface area contributed by atoms with Crippen LogP contribution in [0.5, 0.6) is 5.88 Å². The molecule has 0 saturated heterocycles. The maximum absolute atomic E-state index is 12.8. The van der Waals surface area contributed by atoms with Crippen molar-refractivity contribution >= 4 is 23.4 Å². The molecule has 1 aliphatic rings. The van der Waals surface area contributed by atoms with E-state index in [2.05, 4.69) is 15.6 Å². The van der Waals surface area contributed by atoms with Crippen molar-refractivity contribution in [3.05, 3.63) is 58.7 Å². The Labute approximate surface area is 182 Å². The lowest BCUT2D eigenvalue weighted by molar-refractivity contribution is -0.124. The van der Waals surface area contributed by atoms with E-state index >= 15 is 0 Å². The minimum absolute atomic E-state index is 0.0161. The Balaban J connectivity index is 1.55. The summed E-state index contributed by atoms with van der Waals surface area (Å²) in [4.78, 5) is 29.6. The largest absolute Gasteiger partial charge is 0.477 e. The molecule has 1 heterocycles. The van der Waals surface area contributed by atoms with Crippen LogP contribution in [0.1, 0.15) is 49.0 Å². The molecule has 6 nitrogen and oxygen atoms in total. The van der Waals surface area contributed by atoms with Crippen molar-refractivity contribution in [2.45, 2.75) is 45.7 Å². The average Bonchev–Trinajstić information content (AvgIpc) is 3.59. The number of ether oxygens (including phenoxy) is 1. The molecule has 0 aliphatic heterocycles. The van der Waals surface area contributed by atoms with Gasteiger partial charge in [0, 0.05) is 29.4 Å². The first-order valence-corrected chi connectivity index (χ1v) is 10.8. The van der Waals surface area contributed by atoms with Gasteiger partial charge in [0.15, 0.2) is 0 Å². The molecule has 1 aromatic carbocycles. The zero-order chi connectivity index (χ0) is 21.5. The fourth-order valence-electron chi connectivity index (χ4n) is 2.92. The number of pyridine rings is 1. The summed E-state index contributed by atoms with van der Waals surface area (Å²) in [6, 6.07) is 9.66. The molecule has 0 spiro atoms. The van der Waals surface area contributed by atoms with Crippen LogP contribution in [0.4, 0.5) is 0 Å². The molecule has 2 unspecified atom stereocenters. The number of aromatic nitrogens is 1. The van der Waals surface area contributed by atoms with E-state index in [1.165, 1.54) is 12.8 Å². The van der Waals surface area contributed by atoms with Crippen molar-refractivity contribution in [2.24, 2.45) is 11.8 Å². The van der Waals surface area contributed by atoms with Gasteiger partial charge < -0.3 is 15.4 Å². The van der Waals surface area contributed by atoms with Crippen LogP contribution in [-0.2, 0) is 11.3 Å². The molecule has 3 rings (SSSR count). The predicted molar refractivity (Wildman–Crippen MR) is 116 cm³/mol. The van der Waals surface area contributed by atoms with Crippen LogP contribution in [0.2, 0.25) is 5.02 Å². The van der Waals surface area contributed by atoms with Gasteiger partial charge in [0.25, 0.3) is 5.91 Å². The van der Waals surface area contributed by atoms with E-state index in [0.29, 0.717) is 35.5 Å². The Morgan fingerprint density at radius 3 is 2.53 bits per heavy atom. The van der Waals surface area contributed by atoms with E-state index in [1.54, 1.807) is 30.5 Å². The number of amides is 2. The third-order valence-electron chi connectivity index (χ3n) is 5.32. The third-order valence-corrected chi connectivity index (χ3v) is 5.57. The van der Waals surface area contributed by atoms with Crippen LogP contribution in [0.3, 0.4) is 0 Å². The molecule has 2 amide bonds. The first-order chi connectivity index (χ1) is 14.5. The minimum atomic E-state index is -0.632. The normalized spacial score (nSPS) is 15.2. The molecule has 2 atom stereocenters. The SMILES string of the molecule is CCC(C)C(NC(=O)c1ccc(Cl)cc1)C(=O)NCc1ccc(OCC2CC2)nc1. The standard InChI is InChI=1S/C23H28ClN3O3/c1-3-15(2)21(27-22(28)18-7-9-19(24)10-8-18)23(29)26-13-17-6-11-20(25-12-17)30-14-16-4-5-16/h6-12,15-16,21H,3-5,13-14H2,1-2H3,(H,26,29)(H,27,28). The van der Waals surface area contributed by atoms with Gasteiger partial charge in [-0.05, 0) is 54.5 Å². The number of carbonyl (C=O) groups is 2. The fraction of sp³-hybridized carbons (Fsp3) is 0.435. The van der Waals surface area contributed by atoms with E-state index in [4.69, 9.17) is 16.3 Å². The zero-order valence-electron chi connectivity index (χ0n) is 17.4. The van der Waals surface area contributed by atoms with Gasteiger partial charge in [-0.1, -0.05) is 37.9 Å². The van der Waals surface area contributed by atoms with E-state index in [0.717, 1.165) is 12.0 Å². The highest BCUT2D eigenvalue weighted by atomic mass is 35.5. The molecule has 2 aromatic rings. The van der Waals surface area contributed by atoms with Crippen molar-refractivity contribution in [3.8, 4) is 5.88 Å². The second-order valence-corrected chi connectivity index (χ2v) is 8.26. The van der Waals surface area contributed by atoms with Gasteiger partial charge in [-0.15, -0.1) is 0 Å². The van der Waals surface area contributed by atoms with Crippen molar-refractivity contribution in [2.75, 3.05) is 6.61 Å². The molecule has 0 bridgehead atoms. The maximum Gasteiger partial charge on any atom is 0.251 e. The number of carbonyl (C=O) groups excluding carboxylic acids is 2. The average molecular weight is 430 g/mol. The van der Waals surface area contributed by atoms with E-state index in [1.807, 2.05) is 26.0 Å². The van der Waals surface area contributed by atoms with Gasteiger partial charge in [0.05, 0.1) is 6.61 Å². The summed E-state index contributed by atoms with van der Waals surface area (Å²) < 4.78 is 5.63. The fourth-order valence-corrected chi connectivity index (χ4v) is 3.04. The molecule has 160 valence electrons. The van der Waals surface area contributed by atoms with Crippen molar-refractivity contribution < 1.29 is 14.3 Å². The zero-order valence-corrected chi connectivity index (χ0v) is 18.1. The number of nitrogens with zero attached hydrogens (tertiary/aromatic N) is 1. The lowest BCUT2D eigenvalue weighted by Gasteiger charge is -2.23. The Morgan fingerprint density at radius 1 is 1.20 bits per heavy atom. The number of rotatable bonds is 10. The van der Waals surface area contributed by atoms with E-state index in [-0.39, 0.29) is 17.7 Å². The smallest absolute Gasteiger partial charge is 0.251 e. The van der Waals surface area contributed by atoms with Crippen LogP contribution in [0.15, 0.2) is 42.6 Å². The molecule has 2 N–H and O–H groups in total. The second-order valence-electron chi connectivity index (χ2n) is 7.82. The Hall–Kier alpha value is -2.60. The number of hydrogen-bond acceptors (Lipinski definition) is 4. The predicted octanol–water partition coefficient (Wildman–Crippen LogP) is 3.98. The summed E-state index contributed by atoms with van der Waals surface area (Å²) in [5.41, 5.74) is 1.33. The second kappa shape index (κ2) is 10.4. The highest BCUT2D eigenvalue weighted by Crippen LogP contribution is 2.29. The van der Waals surface area contributed by atoms with Crippen LogP contribution in [0, 0.1) is 11.8 Å². The van der Waals surface area contributed by atoms with Gasteiger partial charge in [-0.2, -0.15) is 0 Å². The van der Waals surface area contributed by atoms with Crippen molar-refractivity contribution in [1.82, 2.24) is 15.6 Å². The summed E-state index contributed by atoms with van der Waals surface area (Å²) in [5, 5.41) is 6.31. The first-order valence-electron chi connectivity index (χ1n) is 10.4. The quantitative estimate of drug-likeness (QED) is 0.598. The summed E-state index contributed by atoms with van der Waals surface area (Å²) in [6.07, 6.45) is 4.92. The summed E-state index contributed by atoms with van der Waals surface area (Å²) in [7, 11) is 0. The Kier molecular flexibility index (Phi) is 7.69. The molecule has 7 heteroatoms. The molecule has 1 aliphatic carbocycles. The highest BCUT2D eigenvalue weighted by molar-refractivity contribution is 6.30. The van der Waals surface area contributed by atoms with Crippen molar-refractivity contribution in [3.63, 3.8) is 0 Å². The Bertz CT molecular complexity index is 851. The van der Waals surface area contributed by atoms with Crippen molar-refractivity contribution in [1.29, 1.82) is 0 Å². The highest BCUT2D eigenvalue weighted by Gasteiger charge is 2.26. The van der Waals surface area contributed by atoms with Gasteiger partial charge in [-0.25, -0.2) is 4.98 Å². The summed E-state index contributed by atoms with van der Waals surface area (Å²) in [5.74, 6) is 0.736. The van der Waals surface area contributed by atoms with Gasteiger partial charge >= 0.3 is 0 Å². The van der Waals surface area contributed by atoms with Crippen LogP contribution in [0.25, 0.3) is 0 Å². The van der Waals surface area contributed by atoms with Gasteiger partial charge in [0.2, 0.25) is 11.8 Å². The third kappa shape index (κ3) is 6.46. The van der Waals surface area contributed by atoms with E-state index < -0.39 is 6.04 Å². The lowest BCUT2D eigenvalue weighted by atomic mass is 9.97. The van der Waals surface area contributed by atoms with Crippen LogP contribution >= 0.6 is 11.6 Å². The van der Waals surface area contributed by atoms with Crippen LogP contribution in [-0.4, -0.2) is 29.4 Å². The summed E-state index contributed by atoms with van der Waals surface area (Å²) in [6.45, 7) is 4.98. The molecular weight excluding hydrogens is 402 g/mol. The Morgan fingerprint density at radius 2 is 1.93 bits per heavy atom. The monoisotopic (exact) mass is 429 g/mol. The number of hydrogen-bond donors (Lipinski definition) is 2. The number of nitrogens with one attached hydrogen (secondary N) is 2. The van der Waals surface area contributed by atoms with E-state index in [9.17, 15) is 9.59 Å². The number of halogens is 1. The summed E-state index contributed by atoms with van der Waals surface area (Å²) >= 11 is 5.88. The van der Waals surface area contributed by atoms with Crippen LogP contribution < -0.4 is 15.4 Å².